The Kier molecular flexibility index (Phi) is 3.95. The molecule has 6 nitrogen and oxygen atoms in total. The van der Waals surface area contributed by atoms with Crippen LogP contribution in [0.25, 0.3) is 0 Å². The van der Waals surface area contributed by atoms with Crippen LogP contribution in [0.4, 0.5) is 5.69 Å². The number of benzene rings is 1. The number of carbonyl (C=O) groups is 1. The maximum absolute atomic E-state index is 12.0. The van der Waals surface area contributed by atoms with E-state index in [1.165, 1.54) is 24.3 Å². The van der Waals surface area contributed by atoms with E-state index < -0.39 is 21.8 Å². The molecule has 0 radical (unpaired) electrons. The minimum atomic E-state index is -1.16. The summed E-state index contributed by atoms with van der Waals surface area (Å²) in [7, 11) is 0. The van der Waals surface area contributed by atoms with Crippen molar-refractivity contribution in [1.29, 1.82) is 0 Å². The van der Waals surface area contributed by atoms with Gasteiger partial charge in [0.15, 0.2) is 0 Å². The van der Waals surface area contributed by atoms with Crippen molar-refractivity contribution < 1.29 is 14.5 Å². The van der Waals surface area contributed by atoms with Gasteiger partial charge in [0, 0.05) is 12.1 Å². The van der Waals surface area contributed by atoms with Crippen molar-refractivity contribution in [3.8, 4) is 5.75 Å². The summed E-state index contributed by atoms with van der Waals surface area (Å²) in [4.78, 5) is 22.0. The Morgan fingerprint density at radius 1 is 1.21 bits per heavy atom. The molecule has 1 atom stereocenters. The predicted octanol–water partition coefficient (Wildman–Crippen LogP) is 2.26. The lowest BCUT2D eigenvalue weighted by atomic mass is 9.76. The van der Waals surface area contributed by atoms with Gasteiger partial charge >= 0.3 is 5.97 Å². The second-order valence-corrected chi connectivity index (χ2v) is 5.59. The van der Waals surface area contributed by atoms with Gasteiger partial charge in [-0.15, -0.1) is 0 Å². The molecule has 2 N–H and O–H groups in total. The molecular formula is C13H18N2O4. The molecule has 0 saturated carbocycles. The number of nitro groups is 1. The molecule has 0 aliphatic heterocycles. The third-order valence-electron chi connectivity index (χ3n) is 3.24. The number of non-ortho nitro benzene ring substituents is 1. The molecule has 0 aromatic heterocycles. The molecular weight excluding hydrogens is 248 g/mol. The Morgan fingerprint density at radius 2 is 1.68 bits per heavy atom. The van der Waals surface area contributed by atoms with Crippen LogP contribution in [0.15, 0.2) is 24.3 Å². The molecule has 104 valence electrons. The number of rotatable bonds is 3. The van der Waals surface area contributed by atoms with Crippen LogP contribution < -0.4 is 10.5 Å². The zero-order chi connectivity index (χ0) is 14.8. The SMILES string of the molecule is CC(C)(C)C(C)(N)C(=O)Oc1ccc([N+](=O)[O-])cc1. The highest BCUT2D eigenvalue weighted by molar-refractivity contribution is 5.83. The fourth-order valence-corrected chi connectivity index (χ4v) is 1.16. The van der Waals surface area contributed by atoms with E-state index in [1.54, 1.807) is 6.92 Å². The molecule has 0 heterocycles. The smallest absolute Gasteiger partial charge is 0.331 e. The van der Waals surface area contributed by atoms with Gasteiger partial charge in [-0.1, -0.05) is 20.8 Å². The van der Waals surface area contributed by atoms with Gasteiger partial charge in [-0.3, -0.25) is 10.1 Å². The topological polar surface area (TPSA) is 95.5 Å². The summed E-state index contributed by atoms with van der Waals surface area (Å²) in [5, 5.41) is 10.5. The van der Waals surface area contributed by atoms with E-state index in [-0.39, 0.29) is 11.4 Å². The number of carbonyl (C=O) groups excluding carboxylic acids is 1. The van der Waals surface area contributed by atoms with E-state index in [1.807, 2.05) is 20.8 Å². The average Bonchev–Trinajstić information content (AvgIpc) is 2.28. The quantitative estimate of drug-likeness (QED) is 0.392. The summed E-state index contributed by atoms with van der Waals surface area (Å²) >= 11 is 0. The largest absolute Gasteiger partial charge is 0.425 e. The number of nitrogens with zero attached hydrogens (tertiary/aromatic N) is 1. The van der Waals surface area contributed by atoms with E-state index in [4.69, 9.17) is 10.5 Å². The Hall–Kier alpha value is -1.95. The number of esters is 1. The minimum absolute atomic E-state index is 0.0638. The number of nitrogens with two attached hydrogens (primary N) is 1. The Labute approximate surface area is 111 Å². The number of hydrogen-bond acceptors (Lipinski definition) is 5. The van der Waals surface area contributed by atoms with Crippen LogP contribution in [0.5, 0.6) is 5.75 Å². The first kappa shape index (κ1) is 15.1. The lowest BCUT2D eigenvalue weighted by Gasteiger charge is -2.35. The van der Waals surface area contributed by atoms with Crippen LogP contribution in [-0.2, 0) is 4.79 Å². The molecule has 1 unspecified atom stereocenters. The normalized spacial score (nSPS) is 14.6. The molecule has 0 aliphatic rings. The average molecular weight is 266 g/mol. The lowest BCUT2D eigenvalue weighted by molar-refractivity contribution is -0.384. The Morgan fingerprint density at radius 3 is 2.05 bits per heavy atom. The first-order chi connectivity index (χ1) is 8.55. The van der Waals surface area contributed by atoms with Crippen LogP contribution in [0, 0.1) is 15.5 Å². The molecule has 0 fully saturated rings. The van der Waals surface area contributed by atoms with Crippen LogP contribution >= 0.6 is 0 Å². The molecule has 1 aromatic rings. The van der Waals surface area contributed by atoms with E-state index in [0.717, 1.165) is 0 Å². The summed E-state index contributed by atoms with van der Waals surface area (Å²) in [5.41, 5.74) is 4.29. The van der Waals surface area contributed by atoms with Crippen LogP contribution in [-0.4, -0.2) is 16.4 Å². The molecule has 0 saturated heterocycles. The molecule has 0 amide bonds. The third-order valence-corrected chi connectivity index (χ3v) is 3.24. The highest BCUT2D eigenvalue weighted by Crippen LogP contribution is 2.29. The summed E-state index contributed by atoms with van der Waals surface area (Å²) in [6.45, 7) is 7.11. The van der Waals surface area contributed by atoms with Gasteiger partial charge in [-0.2, -0.15) is 0 Å². The Balaban J connectivity index is 2.86. The molecule has 1 aromatic carbocycles. The first-order valence-corrected chi connectivity index (χ1v) is 5.81. The number of hydrogen-bond donors (Lipinski definition) is 1. The fourth-order valence-electron chi connectivity index (χ4n) is 1.16. The maximum atomic E-state index is 12.0. The van der Waals surface area contributed by atoms with Crippen LogP contribution in [0.1, 0.15) is 27.7 Å². The van der Waals surface area contributed by atoms with Crippen molar-refractivity contribution >= 4 is 11.7 Å². The molecule has 0 bridgehead atoms. The summed E-state index contributed by atoms with van der Waals surface area (Å²) in [6, 6.07) is 5.28. The van der Waals surface area contributed by atoms with Gasteiger partial charge in [-0.25, -0.2) is 4.79 Å². The monoisotopic (exact) mass is 266 g/mol. The zero-order valence-electron chi connectivity index (χ0n) is 11.5. The summed E-state index contributed by atoms with van der Waals surface area (Å²) in [6.07, 6.45) is 0. The zero-order valence-corrected chi connectivity index (χ0v) is 11.5. The van der Waals surface area contributed by atoms with Gasteiger partial charge in [0.2, 0.25) is 0 Å². The van der Waals surface area contributed by atoms with E-state index in [2.05, 4.69) is 0 Å². The van der Waals surface area contributed by atoms with Gasteiger partial charge in [0.05, 0.1) is 4.92 Å². The fraction of sp³-hybridized carbons (Fsp3) is 0.462. The van der Waals surface area contributed by atoms with Crippen molar-refractivity contribution in [3.05, 3.63) is 34.4 Å². The van der Waals surface area contributed by atoms with Crippen molar-refractivity contribution in [2.45, 2.75) is 33.2 Å². The second-order valence-electron chi connectivity index (χ2n) is 5.59. The lowest BCUT2D eigenvalue weighted by Crippen LogP contribution is -2.57. The van der Waals surface area contributed by atoms with Crippen molar-refractivity contribution in [2.75, 3.05) is 0 Å². The van der Waals surface area contributed by atoms with Crippen LogP contribution in [0.3, 0.4) is 0 Å². The number of nitro benzene ring substituents is 1. The second kappa shape index (κ2) is 4.97. The van der Waals surface area contributed by atoms with Gasteiger partial charge in [-0.05, 0) is 24.5 Å². The van der Waals surface area contributed by atoms with Crippen molar-refractivity contribution in [3.63, 3.8) is 0 Å². The Bertz CT molecular complexity index is 486. The molecule has 0 aliphatic carbocycles. The van der Waals surface area contributed by atoms with Crippen molar-refractivity contribution in [2.24, 2.45) is 11.1 Å². The van der Waals surface area contributed by atoms with Crippen LogP contribution in [0.2, 0.25) is 0 Å². The molecule has 6 heteroatoms. The third kappa shape index (κ3) is 3.29. The maximum Gasteiger partial charge on any atom is 0.331 e. The van der Waals surface area contributed by atoms with E-state index in [9.17, 15) is 14.9 Å². The molecule has 1 rings (SSSR count). The standard InChI is InChI=1S/C13H18N2O4/c1-12(2,3)13(4,14)11(16)19-10-7-5-9(6-8-10)15(17)18/h5-8H,14H2,1-4H3. The highest BCUT2D eigenvalue weighted by atomic mass is 16.6. The highest BCUT2D eigenvalue weighted by Gasteiger charge is 2.42. The van der Waals surface area contributed by atoms with Gasteiger partial charge in [0.1, 0.15) is 11.3 Å². The summed E-state index contributed by atoms with van der Waals surface area (Å²) < 4.78 is 5.15. The van der Waals surface area contributed by atoms with Gasteiger partial charge in [0.25, 0.3) is 5.69 Å². The van der Waals surface area contributed by atoms with E-state index >= 15 is 0 Å². The van der Waals surface area contributed by atoms with Gasteiger partial charge < -0.3 is 10.5 Å². The number of ether oxygens (including phenoxy) is 1. The van der Waals surface area contributed by atoms with E-state index in [0.29, 0.717) is 0 Å². The molecule has 19 heavy (non-hydrogen) atoms. The van der Waals surface area contributed by atoms with Crippen molar-refractivity contribution in [1.82, 2.24) is 0 Å². The minimum Gasteiger partial charge on any atom is -0.425 e. The molecule has 0 spiro atoms. The predicted molar refractivity (Wildman–Crippen MR) is 70.8 cm³/mol. The summed E-state index contributed by atoms with van der Waals surface area (Å²) in [5.74, 6) is -0.342. The first-order valence-electron chi connectivity index (χ1n) is 5.81.